The molecule has 0 radical (unpaired) electrons. The van der Waals surface area contributed by atoms with Gasteiger partial charge in [-0.1, -0.05) is 12.8 Å². The first kappa shape index (κ1) is 12.8. The molecule has 2 N–H and O–H groups in total. The molecule has 2 aliphatic rings. The van der Waals surface area contributed by atoms with Crippen LogP contribution in [0.5, 0.6) is 0 Å². The lowest BCUT2D eigenvalue weighted by atomic mass is 9.92. The fourth-order valence-electron chi connectivity index (χ4n) is 2.69. The molecule has 1 saturated heterocycles. The van der Waals surface area contributed by atoms with Crippen LogP contribution in [0, 0.1) is 0 Å². The quantitative estimate of drug-likeness (QED) is 0.776. The maximum absolute atomic E-state index is 11.9. The van der Waals surface area contributed by atoms with Gasteiger partial charge >= 0.3 is 0 Å². The lowest BCUT2D eigenvalue weighted by molar-refractivity contribution is -0.123. The molecule has 0 aromatic carbocycles. The van der Waals surface area contributed by atoms with Crippen molar-refractivity contribution in [1.82, 2.24) is 10.6 Å². The maximum Gasteiger partial charge on any atom is 0.234 e. The summed E-state index contributed by atoms with van der Waals surface area (Å²) in [5.41, 5.74) is -0.0628. The summed E-state index contributed by atoms with van der Waals surface area (Å²) in [5.74, 6) is 0.126. The van der Waals surface area contributed by atoms with Gasteiger partial charge in [-0.25, -0.2) is 0 Å². The summed E-state index contributed by atoms with van der Waals surface area (Å²) in [5, 5.41) is 6.48. The second kappa shape index (κ2) is 5.83. The Morgan fingerprint density at radius 1 is 1.29 bits per heavy atom. The molecule has 0 unspecified atom stereocenters. The van der Waals surface area contributed by atoms with Crippen molar-refractivity contribution in [3.05, 3.63) is 0 Å². The average molecular weight is 240 g/mol. The Kier molecular flexibility index (Phi) is 4.40. The third-order valence-corrected chi connectivity index (χ3v) is 3.94. The van der Waals surface area contributed by atoms with Gasteiger partial charge in [0.1, 0.15) is 0 Å². The van der Waals surface area contributed by atoms with Crippen molar-refractivity contribution in [2.24, 2.45) is 0 Å². The molecule has 4 nitrogen and oxygen atoms in total. The van der Waals surface area contributed by atoms with Crippen LogP contribution in [0.1, 0.15) is 45.4 Å². The summed E-state index contributed by atoms with van der Waals surface area (Å²) >= 11 is 0. The zero-order valence-corrected chi connectivity index (χ0v) is 10.8. The SMILES string of the molecule is CC1(NC(=O)CNC2CCCC2)CCOCC1. The Bertz CT molecular complexity index is 256. The number of nitrogens with one attached hydrogen (secondary N) is 2. The molecule has 1 heterocycles. The van der Waals surface area contributed by atoms with Gasteiger partial charge in [-0.2, -0.15) is 0 Å². The van der Waals surface area contributed by atoms with E-state index in [0.717, 1.165) is 26.1 Å². The summed E-state index contributed by atoms with van der Waals surface area (Å²) in [6, 6.07) is 0.559. The Hall–Kier alpha value is -0.610. The molecule has 0 aromatic rings. The van der Waals surface area contributed by atoms with Crippen LogP contribution in [0.25, 0.3) is 0 Å². The molecule has 0 bridgehead atoms. The van der Waals surface area contributed by atoms with Gasteiger partial charge in [0.25, 0.3) is 0 Å². The first-order chi connectivity index (χ1) is 8.18. The van der Waals surface area contributed by atoms with Crippen LogP contribution in [0.2, 0.25) is 0 Å². The second-order valence-corrected chi connectivity index (χ2v) is 5.58. The lowest BCUT2D eigenvalue weighted by Crippen LogP contribution is -2.52. The smallest absolute Gasteiger partial charge is 0.234 e. The fourth-order valence-corrected chi connectivity index (χ4v) is 2.69. The van der Waals surface area contributed by atoms with Gasteiger partial charge in [0, 0.05) is 24.8 Å². The van der Waals surface area contributed by atoms with Crippen LogP contribution in [0.3, 0.4) is 0 Å². The summed E-state index contributed by atoms with van der Waals surface area (Å²) < 4.78 is 5.32. The number of hydrogen-bond acceptors (Lipinski definition) is 3. The first-order valence-electron chi connectivity index (χ1n) is 6.80. The zero-order valence-electron chi connectivity index (χ0n) is 10.8. The summed E-state index contributed by atoms with van der Waals surface area (Å²) in [6.07, 6.45) is 6.88. The molecule has 2 fully saturated rings. The van der Waals surface area contributed by atoms with Gasteiger partial charge in [0.15, 0.2) is 0 Å². The maximum atomic E-state index is 11.9. The van der Waals surface area contributed by atoms with Crippen LogP contribution >= 0.6 is 0 Å². The molecular formula is C13H24N2O2. The van der Waals surface area contributed by atoms with Crippen LogP contribution in [-0.4, -0.2) is 37.2 Å². The third-order valence-electron chi connectivity index (χ3n) is 3.94. The van der Waals surface area contributed by atoms with Crippen LogP contribution in [0.15, 0.2) is 0 Å². The van der Waals surface area contributed by atoms with Gasteiger partial charge in [-0.05, 0) is 32.6 Å². The third kappa shape index (κ3) is 3.96. The molecule has 0 spiro atoms. The van der Waals surface area contributed by atoms with E-state index < -0.39 is 0 Å². The highest BCUT2D eigenvalue weighted by atomic mass is 16.5. The Morgan fingerprint density at radius 3 is 2.59 bits per heavy atom. The molecule has 1 aliphatic carbocycles. The number of amides is 1. The van der Waals surface area contributed by atoms with E-state index >= 15 is 0 Å². The molecular weight excluding hydrogens is 216 g/mol. The van der Waals surface area contributed by atoms with E-state index in [9.17, 15) is 4.79 Å². The Labute approximate surface area is 103 Å². The van der Waals surface area contributed by atoms with Crippen molar-refractivity contribution in [1.29, 1.82) is 0 Å². The minimum absolute atomic E-state index is 0.0628. The van der Waals surface area contributed by atoms with E-state index in [0.29, 0.717) is 12.6 Å². The van der Waals surface area contributed by atoms with Crippen LogP contribution in [0.4, 0.5) is 0 Å². The van der Waals surface area contributed by atoms with Gasteiger partial charge in [0.2, 0.25) is 5.91 Å². The predicted octanol–water partition coefficient (Wildman–Crippen LogP) is 1.20. The molecule has 17 heavy (non-hydrogen) atoms. The molecule has 98 valence electrons. The van der Waals surface area contributed by atoms with E-state index in [2.05, 4.69) is 17.6 Å². The number of hydrogen-bond donors (Lipinski definition) is 2. The monoisotopic (exact) mass is 240 g/mol. The molecule has 1 amide bonds. The highest BCUT2D eigenvalue weighted by molar-refractivity contribution is 5.78. The number of carbonyl (C=O) groups is 1. The number of carbonyl (C=O) groups excluding carboxylic acids is 1. The highest BCUT2D eigenvalue weighted by Gasteiger charge is 2.28. The van der Waals surface area contributed by atoms with Gasteiger partial charge in [0.05, 0.1) is 6.54 Å². The van der Waals surface area contributed by atoms with Crippen molar-refractivity contribution in [2.45, 2.75) is 57.0 Å². The van der Waals surface area contributed by atoms with Crippen molar-refractivity contribution >= 4 is 5.91 Å². The average Bonchev–Trinajstić information content (AvgIpc) is 2.79. The van der Waals surface area contributed by atoms with Crippen molar-refractivity contribution in [3.8, 4) is 0 Å². The summed E-state index contributed by atoms with van der Waals surface area (Å²) in [6.45, 7) is 4.09. The predicted molar refractivity (Wildman–Crippen MR) is 66.9 cm³/mol. The fraction of sp³-hybridized carbons (Fsp3) is 0.923. The van der Waals surface area contributed by atoms with Crippen molar-refractivity contribution in [2.75, 3.05) is 19.8 Å². The number of ether oxygens (including phenoxy) is 1. The van der Waals surface area contributed by atoms with E-state index in [1.54, 1.807) is 0 Å². The van der Waals surface area contributed by atoms with Gasteiger partial charge < -0.3 is 15.4 Å². The molecule has 2 rings (SSSR count). The molecule has 4 heteroatoms. The normalized spacial score (nSPS) is 24.8. The molecule has 0 aromatic heterocycles. The molecule has 0 atom stereocenters. The van der Waals surface area contributed by atoms with E-state index in [4.69, 9.17) is 4.74 Å². The Balaban J connectivity index is 1.68. The molecule has 1 aliphatic heterocycles. The van der Waals surface area contributed by atoms with Gasteiger partial charge in [-0.3, -0.25) is 4.79 Å². The van der Waals surface area contributed by atoms with E-state index in [-0.39, 0.29) is 11.4 Å². The first-order valence-corrected chi connectivity index (χ1v) is 6.80. The van der Waals surface area contributed by atoms with Crippen molar-refractivity contribution in [3.63, 3.8) is 0 Å². The summed E-state index contributed by atoms with van der Waals surface area (Å²) in [7, 11) is 0. The zero-order chi connectivity index (χ0) is 12.1. The number of rotatable bonds is 4. The van der Waals surface area contributed by atoms with Gasteiger partial charge in [-0.15, -0.1) is 0 Å². The van der Waals surface area contributed by atoms with E-state index in [1.165, 1.54) is 25.7 Å². The summed E-state index contributed by atoms with van der Waals surface area (Å²) in [4.78, 5) is 11.9. The topological polar surface area (TPSA) is 50.4 Å². The van der Waals surface area contributed by atoms with E-state index in [1.807, 2.05) is 0 Å². The molecule has 1 saturated carbocycles. The Morgan fingerprint density at radius 2 is 1.94 bits per heavy atom. The lowest BCUT2D eigenvalue weighted by Gasteiger charge is -2.34. The van der Waals surface area contributed by atoms with Crippen molar-refractivity contribution < 1.29 is 9.53 Å². The highest BCUT2D eigenvalue weighted by Crippen LogP contribution is 2.20. The van der Waals surface area contributed by atoms with Crippen LogP contribution in [-0.2, 0) is 9.53 Å². The minimum Gasteiger partial charge on any atom is -0.381 e. The van der Waals surface area contributed by atoms with Crippen LogP contribution < -0.4 is 10.6 Å². The second-order valence-electron chi connectivity index (χ2n) is 5.58. The standard InChI is InChI=1S/C13H24N2O2/c1-13(6-8-17-9-7-13)15-12(16)10-14-11-4-2-3-5-11/h11,14H,2-10H2,1H3,(H,15,16). The minimum atomic E-state index is -0.0628. The largest absolute Gasteiger partial charge is 0.381 e.